The summed E-state index contributed by atoms with van der Waals surface area (Å²) in [6.07, 6.45) is 0. The average Bonchev–Trinajstić information content (AvgIpc) is 2.84. The summed E-state index contributed by atoms with van der Waals surface area (Å²) < 4.78 is 0. The van der Waals surface area contributed by atoms with Gasteiger partial charge in [0, 0.05) is 5.02 Å². The minimum atomic E-state index is -0.134. The fourth-order valence-electron chi connectivity index (χ4n) is 2.11. The third-order valence-electron chi connectivity index (χ3n) is 3.27. The maximum atomic E-state index is 12.1. The molecule has 0 aliphatic heterocycles. The number of likely N-dealkylation sites (N-methyl/N-ethyl adjacent to an activating group) is 1. The van der Waals surface area contributed by atoms with Crippen LogP contribution in [0, 0.1) is 18.3 Å². The second-order valence-corrected chi connectivity index (χ2v) is 6.62. The Labute approximate surface area is 138 Å². The Morgan fingerprint density at radius 1 is 1.45 bits per heavy atom. The molecule has 4 nitrogen and oxygen atoms in total. The minimum absolute atomic E-state index is 0.134. The highest BCUT2D eigenvalue weighted by Gasteiger charge is 2.14. The maximum Gasteiger partial charge on any atom is 0.279 e. The van der Waals surface area contributed by atoms with Crippen LogP contribution in [0.5, 0.6) is 0 Å². The van der Waals surface area contributed by atoms with E-state index in [1.54, 1.807) is 29.5 Å². The van der Waals surface area contributed by atoms with Gasteiger partial charge in [0.05, 0.1) is 23.2 Å². The van der Waals surface area contributed by atoms with Crippen molar-refractivity contribution in [1.82, 2.24) is 0 Å². The lowest BCUT2D eigenvalue weighted by atomic mass is 10.2. The summed E-state index contributed by atoms with van der Waals surface area (Å²) in [6, 6.07) is 8.96. The van der Waals surface area contributed by atoms with Gasteiger partial charge in [-0.2, -0.15) is 5.26 Å². The summed E-state index contributed by atoms with van der Waals surface area (Å²) in [6.45, 7) is 3.21. The first kappa shape index (κ1) is 16.5. The zero-order chi connectivity index (χ0) is 16.1. The predicted octanol–water partition coefficient (Wildman–Crippen LogP) is 2.23. The van der Waals surface area contributed by atoms with E-state index in [0.717, 1.165) is 11.4 Å². The van der Waals surface area contributed by atoms with E-state index in [1.165, 1.54) is 10.4 Å². The van der Waals surface area contributed by atoms with Crippen LogP contribution in [0.3, 0.4) is 0 Å². The van der Waals surface area contributed by atoms with E-state index in [4.69, 9.17) is 16.9 Å². The number of quaternary nitrogens is 1. The summed E-state index contributed by atoms with van der Waals surface area (Å²) in [5, 5.41) is 14.4. The Bertz CT molecular complexity index is 720. The molecule has 1 heterocycles. The lowest BCUT2D eigenvalue weighted by Crippen LogP contribution is -3.08. The van der Waals surface area contributed by atoms with Crippen molar-refractivity contribution >= 4 is 34.5 Å². The number of nitrogens with zero attached hydrogens (tertiary/aromatic N) is 1. The van der Waals surface area contributed by atoms with Crippen molar-refractivity contribution in [3.8, 4) is 6.07 Å². The van der Waals surface area contributed by atoms with Gasteiger partial charge in [0.25, 0.3) is 5.91 Å². The zero-order valence-electron chi connectivity index (χ0n) is 12.4. The normalized spacial score (nSPS) is 11.7. The first-order chi connectivity index (χ1) is 10.5. The molecule has 1 aromatic heterocycles. The van der Waals surface area contributed by atoms with E-state index < -0.39 is 0 Å². The number of nitrogens with one attached hydrogen (secondary N) is 2. The van der Waals surface area contributed by atoms with E-state index in [-0.39, 0.29) is 5.91 Å². The molecule has 0 bridgehead atoms. The molecular formula is C16H17ClN3OS+. The molecule has 0 saturated carbocycles. The molecule has 0 saturated heterocycles. The van der Waals surface area contributed by atoms with Crippen LogP contribution in [0.4, 0.5) is 5.69 Å². The smallest absolute Gasteiger partial charge is 0.279 e. The van der Waals surface area contributed by atoms with Gasteiger partial charge in [0.15, 0.2) is 6.54 Å². The van der Waals surface area contributed by atoms with Gasteiger partial charge in [-0.15, -0.1) is 11.3 Å². The van der Waals surface area contributed by atoms with Gasteiger partial charge in [-0.3, -0.25) is 4.79 Å². The highest BCUT2D eigenvalue weighted by atomic mass is 35.5. The number of rotatable bonds is 5. The number of amides is 1. The number of anilines is 1. The molecule has 1 unspecified atom stereocenters. The molecule has 0 aliphatic carbocycles. The molecule has 6 heteroatoms. The Kier molecular flexibility index (Phi) is 5.56. The van der Waals surface area contributed by atoms with Crippen molar-refractivity contribution in [3.05, 3.63) is 50.7 Å². The molecule has 2 N–H and O–H groups in total. The molecule has 114 valence electrons. The van der Waals surface area contributed by atoms with E-state index in [0.29, 0.717) is 22.8 Å². The van der Waals surface area contributed by atoms with Crippen LogP contribution >= 0.6 is 22.9 Å². The number of aryl methyl sites for hydroxylation is 1. The molecule has 0 radical (unpaired) electrons. The SMILES string of the molecule is Cc1ccsc1C[NH+](C)CC(=O)Nc1cc(Cl)ccc1C#N. The van der Waals surface area contributed by atoms with Crippen LogP contribution in [-0.2, 0) is 11.3 Å². The van der Waals surface area contributed by atoms with Crippen molar-refractivity contribution < 1.29 is 9.69 Å². The van der Waals surface area contributed by atoms with Crippen LogP contribution in [0.15, 0.2) is 29.6 Å². The van der Waals surface area contributed by atoms with Crippen molar-refractivity contribution in [2.45, 2.75) is 13.5 Å². The number of nitriles is 1. The summed E-state index contributed by atoms with van der Waals surface area (Å²) >= 11 is 7.61. The van der Waals surface area contributed by atoms with Crippen LogP contribution in [0.2, 0.25) is 5.02 Å². The number of thiophene rings is 1. The molecule has 0 aliphatic rings. The highest BCUT2D eigenvalue weighted by Crippen LogP contribution is 2.20. The Balaban J connectivity index is 1.97. The van der Waals surface area contributed by atoms with Crippen molar-refractivity contribution in [2.75, 3.05) is 18.9 Å². The molecule has 2 aromatic rings. The number of hydrogen-bond donors (Lipinski definition) is 2. The zero-order valence-corrected chi connectivity index (χ0v) is 14.0. The van der Waals surface area contributed by atoms with Gasteiger partial charge in [-0.25, -0.2) is 0 Å². The number of hydrogen-bond acceptors (Lipinski definition) is 3. The van der Waals surface area contributed by atoms with Crippen LogP contribution in [-0.4, -0.2) is 19.5 Å². The predicted molar refractivity (Wildman–Crippen MR) is 89.3 cm³/mol. The van der Waals surface area contributed by atoms with Gasteiger partial charge in [0.1, 0.15) is 12.6 Å². The lowest BCUT2D eigenvalue weighted by Gasteiger charge is -2.14. The van der Waals surface area contributed by atoms with Gasteiger partial charge in [-0.05, 0) is 42.1 Å². The molecule has 2 rings (SSSR count). The van der Waals surface area contributed by atoms with E-state index >= 15 is 0 Å². The van der Waals surface area contributed by atoms with E-state index in [1.807, 2.05) is 13.1 Å². The second kappa shape index (κ2) is 7.41. The van der Waals surface area contributed by atoms with Crippen LogP contribution < -0.4 is 10.2 Å². The maximum absolute atomic E-state index is 12.1. The van der Waals surface area contributed by atoms with Gasteiger partial charge < -0.3 is 10.2 Å². The van der Waals surface area contributed by atoms with Crippen molar-refractivity contribution in [1.29, 1.82) is 5.26 Å². The second-order valence-electron chi connectivity index (χ2n) is 5.19. The number of benzene rings is 1. The number of carbonyl (C=O) groups is 1. The fraction of sp³-hybridized carbons (Fsp3) is 0.250. The fourth-order valence-corrected chi connectivity index (χ4v) is 3.30. The van der Waals surface area contributed by atoms with Crippen molar-refractivity contribution in [2.24, 2.45) is 0 Å². The van der Waals surface area contributed by atoms with Gasteiger partial charge in [0.2, 0.25) is 0 Å². The summed E-state index contributed by atoms with van der Waals surface area (Å²) in [5.74, 6) is -0.134. The van der Waals surface area contributed by atoms with Gasteiger partial charge in [-0.1, -0.05) is 11.6 Å². The summed E-state index contributed by atoms with van der Waals surface area (Å²) in [7, 11) is 1.97. The van der Waals surface area contributed by atoms with Crippen LogP contribution in [0.25, 0.3) is 0 Å². The number of carbonyl (C=O) groups excluding carboxylic acids is 1. The average molecular weight is 335 g/mol. The molecule has 22 heavy (non-hydrogen) atoms. The third-order valence-corrected chi connectivity index (χ3v) is 4.53. The molecule has 0 spiro atoms. The first-order valence-corrected chi connectivity index (χ1v) is 8.09. The summed E-state index contributed by atoms with van der Waals surface area (Å²) in [5.41, 5.74) is 2.12. The monoisotopic (exact) mass is 334 g/mol. The lowest BCUT2D eigenvalue weighted by molar-refractivity contribution is -0.884. The Hall–Kier alpha value is -1.87. The summed E-state index contributed by atoms with van der Waals surface area (Å²) in [4.78, 5) is 14.5. The minimum Gasteiger partial charge on any atom is -0.325 e. The molecular weight excluding hydrogens is 318 g/mol. The molecule has 0 fully saturated rings. The Morgan fingerprint density at radius 2 is 2.23 bits per heavy atom. The van der Waals surface area contributed by atoms with E-state index in [9.17, 15) is 4.79 Å². The topological polar surface area (TPSA) is 57.3 Å². The standard InChI is InChI=1S/C16H16ClN3OS/c1-11-5-6-22-15(11)9-20(2)10-16(21)19-14-7-13(17)4-3-12(14)8-18/h3-7H,9-10H2,1-2H3,(H,19,21)/p+1. The van der Waals surface area contributed by atoms with Crippen molar-refractivity contribution in [3.63, 3.8) is 0 Å². The molecule has 1 amide bonds. The third kappa shape index (κ3) is 4.31. The highest BCUT2D eigenvalue weighted by molar-refractivity contribution is 7.10. The quantitative estimate of drug-likeness (QED) is 0.881. The largest absolute Gasteiger partial charge is 0.325 e. The molecule has 1 atom stereocenters. The Morgan fingerprint density at radius 3 is 2.86 bits per heavy atom. The van der Waals surface area contributed by atoms with E-state index in [2.05, 4.69) is 23.7 Å². The number of halogens is 1. The van der Waals surface area contributed by atoms with Gasteiger partial charge >= 0.3 is 0 Å². The first-order valence-electron chi connectivity index (χ1n) is 6.83. The van der Waals surface area contributed by atoms with Crippen LogP contribution in [0.1, 0.15) is 16.0 Å². The molecule has 1 aromatic carbocycles.